The fourth-order valence-corrected chi connectivity index (χ4v) is 2.37. The monoisotopic (exact) mass is 279 g/mol. The molecule has 0 radical (unpaired) electrons. The maximum absolute atomic E-state index is 12.2. The van der Waals surface area contributed by atoms with Crippen molar-refractivity contribution in [1.82, 2.24) is 0 Å². The highest BCUT2D eigenvalue weighted by Gasteiger charge is 2.13. The van der Waals surface area contributed by atoms with Gasteiger partial charge in [0.1, 0.15) is 0 Å². The van der Waals surface area contributed by atoms with Crippen LogP contribution in [0.5, 0.6) is 0 Å². The number of hydrogen-bond donors (Lipinski definition) is 2. The summed E-state index contributed by atoms with van der Waals surface area (Å²) in [5.41, 5.74) is 3.62. The van der Waals surface area contributed by atoms with Crippen molar-refractivity contribution in [2.75, 3.05) is 5.32 Å². The molecule has 0 unspecified atom stereocenters. The Morgan fingerprint density at radius 3 is 2.43 bits per heavy atom. The van der Waals surface area contributed by atoms with Crippen molar-refractivity contribution in [2.24, 2.45) is 0 Å². The molecule has 0 bridgehead atoms. The highest BCUT2D eigenvalue weighted by molar-refractivity contribution is 6.05. The molecule has 2 N–H and O–H groups in total. The minimum atomic E-state index is -1.01. The molecule has 4 heteroatoms. The number of carbonyl (C=O) groups is 2. The predicted molar refractivity (Wildman–Crippen MR) is 80.5 cm³/mol. The van der Waals surface area contributed by atoms with Crippen LogP contribution in [-0.4, -0.2) is 17.0 Å². The van der Waals surface area contributed by atoms with Gasteiger partial charge < -0.3 is 10.4 Å². The highest BCUT2D eigenvalue weighted by Crippen LogP contribution is 2.27. The van der Waals surface area contributed by atoms with Gasteiger partial charge in [0.25, 0.3) is 5.91 Å². The molecule has 0 aliphatic heterocycles. The first-order valence-electron chi connectivity index (χ1n) is 6.58. The fraction of sp³-hybridized carbons (Fsp3) is 0.0588. The minimum absolute atomic E-state index is 0.163. The van der Waals surface area contributed by atoms with Gasteiger partial charge in [-0.15, -0.1) is 0 Å². The predicted octanol–water partition coefficient (Wildman–Crippen LogP) is 3.21. The first-order valence-corrected chi connectivity index (χ1v) is 6.58. The Bertz CT molecular complexity index is 745. The number of fused-ring (bicyclic) bond motifs is 1. The van der Waals surface area contributed by atoms with Gasteiger partial charge in [0, 0.05) is 11.3 Å². The molecule has 1 amide bonds. The average Bonchev–Trinajstić information content (AvgIpc) is 2.97. The van der Waals surface area contributed by atoms with Gasteiger partial charge in [-0.25, -0.2) is 4.79 Å². The summed E-state index contributed by atoms with van der Waals surface area (Å²) in [6, 6.07) is 11.7. The molecule has 0 saturated carbocycles. The average molecular weight is 279 g/mol. The Balaban J connectivity index is 1.81. The first kappa shape index (κ1) is 13.1. The van der Waals surface area contributed by atoms with Crippen LogP contribution in [-0.2, 0) is 6.42 Å². The molecule has 0 spiro atoms. The SMILES string of the molecule is O=C(O)c1ccc(C(=O)Nc2cccc3c2CC=C3)cc1. The van der Waals surface area contributed by atoms with Crippen molar-refractivity contribution in [1.29, 1.82) is 0 Å². The molecule has 2 aromatic rings. The molecule has 2 aromatic carbocycles. The Kier molecular flexibility index (Phi) is 3.28. The lowest BCUT2D eigenvalue weighted by Crippen LogP contribution is -2.13. The van der Waals surface area contributed by atoms with E-state index in [1.165, 1.54) is 24.3 Å². The van der Waals surface area contributed by atoms with Crippen LogP contribution in [0.3, 0.4) is 0 Å². The molecule has 0 atom stereocenters. The summed E-state index contributed by atoms with van der Waals surface area (Å²) in [7, 11) is 0. The third-order valence-electron chi connectivity index (χ3n) is 3.47. The molecule has 1 aliphatic carbocycles. The third-order valence-corrected chi connectivity index (χ3v) is 3.47. The first-order chi connectivity index (χ1) is 10.1. The Morgan fingerprint density at radius 2 is 1.71 bits per heavy atom. The molecule has 0 heterocycles. The van der Waals surface area contributed by atoms with Crippen molar-refractivity contribution >= 4 is 23.6 Å². The van der Waals surface area contributed by atoms with Gasteiger partial charge in [-0.05, 0) is 47.9 Å². The maximum Gasteiger partial charge on any atom is 0.335 e. The summed E-state index contributed by atoms with van der Waals surface area (Å²) in [6.45, 7) is 0. The molecular formula is C17H13NO3. The Hall–Kier alpha value is -2.88. The molecule has 21 heavy (non-hydrogen) atoms. The Morgan fingerprint density at radius 1 is 1.00 bits per heavy atom. The minimum Gasteiger partial charge on any atom is -0.478 e. The number of rotatable bonds is 3. The topological polar surface area (TPSA) is 66.4 Å². The molecule has 0 saturated heterocycles. The summed E-state index contributed by atoms with van der Waals surface area (Å²) in [5.74, 6) is -1.25. The lowest BCUT2D eigenvalue weighted by Gasteiger charge is -2.10. The summed E-state index contributed by atoms with van der Waals surface area (Å²) in [6.07, 6.45) is 4.90. The lowest BCUT2D eigenvalue weighted by atomic mass is 10.1. The number of carboxylic acid groups (broad SMARTS) is 1. The number of allylic oxidation sites excluding steroid dienone is 1. The van der Waals surface area contributed by atoms with E-state index in [2.05, 4.69) is 11.4 Å². The molecular weight excluding hydrogens is 266 g/mol. The standard InChI is InChI=1S/C17H13NO3/c19-16(12-7-9-13(10-8-12)17(20)21)18-15-6-2-4-11-3-1-5-14(11)15/h1-4,6-10H,5H2,(H,18,19)(H,20,21). The van der Waals surface area contributed by atoms with E-state index in [9.17, 15) is 9.59 Å². The zero-order chi connectivity index (χ0) is 14.8. The van der Waals surface area contributed by atoms with E-state index in [4.69, 9.17) is 5.11 Å². The lowest BCUT2D eigenvalue weighted by molar-refractivity contribution is 0.0696. The van der Waals surface area contributed by atoms with Crippen molar-refractivity contribution in [3.8, 4) is 0 Å². The smallest absolute Gasteiger partial charge is 0.335 e. The largest absolute Gasteiger partial charge is 0.478 e. The van der Waals surface area contributed by atoms with Crippen LogP contribution in [0.15, 0.2) is 48.5 Å². The maximum atomic E-state index is 12.2. The van der Waals surface area contributed by atoms with Crippen LogP contribution in [0.1, 0.15) is 31.8 Å². The van der Waals surface area contributed by atoms with E-state index in [0.717, 1.165) is 23.2 Å². The zero-order valence-electron chi connectivity index (χ0n) is 11.2. The van der Waals surface area contributed by atoms with Crippen LogP contribution in [0.4, 0.5) is 5.69 Å². The van der Waals surface area contributed by atoms with Gasteiger partial charge in [0.15, 0.2) is 0 Å². The summed E-state index contributed by atoms with van der Waals surface area (Å²) >= 11 is 0. The van der Waals surface area contributed by atoms with Gasteiger partial charge in [0.2, 0.25) is 0 Å². The second-order valence-electron chi connectivity index (χ2n) is 4.82. The molecule has 4 nitrogen and oxygen atoms in total. The highest BCUT2D eigenvalue weighted by atomic mass is 16.4. The van der Waals surface area contributed by atoms with Crippen molar-refractivity contribution in [3.63, 3.8) is 0 Å². The van der Waals surface area contributed by atoms with Crippen LogP contribution in [0.2, 0.25) is 0 Å². The number of anilines is 1. The normalized spacial score (nSPS) is 12.0. The van der Waals surface area contributed by atoms with Crippen molar-refractivity contribution < 1.29 is 14.7 Å². The van der Waals surface area contributed by atoms with Gasteiger partial charge in [-0.3, -0.25) is 4.79 Å². The van der Waals surface area contributed by atoms with Crippen LogP contribution in [0.25, 0.3) is 6.08 Å². The second kappa shape index (κ2) is 5.25. The van der Waals surface area contributed by atoms with Crippen molar-refractivity contribution in [2.45, 2.75) is 6.42 Å². The Labute approximate surface area is 121 Å². The molecule has 0 aromatic heterocycles. The van der Waals surface area contributed by atoms with Gasteiger partial charge in [-0.1, -0.05) is 24.3 Å². The number of amides is 1. The van der Waals surface area contributed by atoms with E-state index >= 15 is 0 Å². The number of hydrogen-bond acceptors (Lipinski definition) is 2. The summed E-state index contributed by atoms with van der Waals surface area (Å²) in [4.78, 5) is 23.0. The van der Waals surface area contributed by atoms with E-state index in [1.807, 2.05) is 24.3 Å². The number of nitrogens with one attached hydrogen (secondary N) is 1. The molecule has 3 rings (SSSR count). The van der Waals surface area contributed by atoms with E-state index in [0.29, 0.717) is 5.56 Å². The van der Waals surface area contributed by atoms with Gasteiger partial charge in [-0.2, -0.15) is 0 Å². The number of carbonyl (C=O) groups excluding carboxylic acids is 1. The molecule has 104 valence electrons. The molecule has 1 aliphatic rings. The number of benzene rings is 2. The third kappa shape index (κ3) is 2.56. The summed E-state index contributed by atoms with van der Waals surface area (Å²) < 4.78 is 0. The number of carboxylic acids is 1. The van der Waals surface area contributed by atoms with Crippen LogP contribution < -0.4 is 5.32 Å². The van der Waals surface area contributed by atoms with E-state index < -0.39 is 5.97 Å². The second-order valence-corrected chi connectivity index (χ2v) is 4.82. The van der Waals surface area contributed by atoms with Gasteiger partial charge >= 0.3 is 5.97 Å². The van der Waals surface area contributed by atoms with Crippen LogP contribution >= 0.6 is 0 Å². The summed E-state index contributed by atoms with van der Waals surface area (Å²) in [5, 5.41) is 11.7. The quantitative estimate of drug-likeness (QED) is 0.906. The van der Waals surface area contributed by atoms with Crippen LogP contribution in [0, 0.1) is 0 Å². The number of aromatic carboxylic acids is 1. The van der Waals surface area contributed by atoms with E-state index in [-0.39, 0.29) is 11.5 Å². The fourth-order valence-electron chi connectivity index (χ4n) is 2.37. The zero-order valence-corrected chi connectivity index (χ0v) is 11.2. The van der Waals surface area contributed by atoms with Gasteiger partial charge in [0.05, 0.1) is 5.56 Å². The van der Waals surface area contributed by atoms with Crippen molar-refractivity contribution in [3.05, 3.63) is 70.8 Å². The van der Waals surface area contributed by atoms with E-state index in [1.54, 1.807) is 0 Å². The molecule has 0 fully saturated rings.